The molecule has 0 N–H and O–H groups in total. The Labute approximate surface area is 115 Å². The molecule has 6 heteroatoms. The predicted octanol–water partition coefficient (Wildman–Crippen LogP) is 2.15. The molecular weight excluding hydrogens is 262 g/mol. The van der Waals surface area contributed by atoms with Gasteiger partial charge in [0.2, 0.25) is 0 Å². The van der Waals surface area contributed by atoms with Crippen molar-refractivity contribution in [3.05, 3.63) is 39.9 Å². The smallest absolute Gasteiger partial charge is 0.316 e. The Kier molecular flexibility index (Phi) is 3.83. The molecule has 2 rings (SSSR count). The Morgan fingerprint density at radius 1 is 1.30 bits per heavy atom. The van der Waals surface area contributed by atoms with Gasteiger partial charge in [0.25, 0.3) is 5.69 Å². The van der Waals surface area contributed by atoms with E-state index in [0.717, 1.165) is 0 Å². The first-order valence-corrected chi connectivity index (χ1v) is 6.35. The van der Waals surface area contributed by atoms with E-state index in [1.54, 1.807) is 18.2 Å². The largest absolute Gasteiger partial charge is 0.468 e. The van der Waals surface area contributed by atoms with Gasteiger partial charge in [-0.2, -0.15) is 0 Å². The lowest BCUT2D eigenvalue weighted by Crippen LogP contribution is -2.41. The average Bonchev–Trinajstić information content (AvgIpc) is 2.47. The highest BCUT2D eigenvalue weighted by molar-refractivity contribution is 5.89. The fraction of sp³-hybridized carbons (Fsp3) is 0.429. The van der Waals surface area contributed by atoms with Gasteiger partial charge in [-0.3, -0.25) is 19.7 Å². The SMILES string of the molecule is COC(=O)C1(c2ccccc2[N+](=O)[O-])CCC(=O)CC1. The van der Waals surface area contributed by atoms with Crippen molar-refractivity contribution in [3.8, 4) is 0 Å². The van der Waals surface area contributed by atoms with Crippen LogP contribution in [-0.4, -0.2) is 23.8 Å². The first-order chi connectivity index (χ1) is 9.51. The summed E-state index contributed by atoms with van der Waals surface area (Å²) in [5, 5.41) is 11.2. The molecule has 0 saturated heterocycles. The third kappa shape index (κ3) is 2.29. The molecule has 0 spiro atoms. The summed E-state index contributed by atoms with van der Waals surface area (Å²) >= 11 is 0. The Morgan fingerprint density at radius 2 is 1.90 bits per heavy atom. The van der Waals surface area contributed by atoms with Gasteiger partial charge in [0.05, 0.1) is 12.0 Å². The quantitative estimate of drug-likeness (QED) is 0.480. The van der Waals surface area contributed by atoms with Crippen LogP contribution in [-0.2, 0) is 19.7 Å². The molecule has 0 unspecified atom stereocenters. The van der Waals surface area contributed by atoms with Crippen LogP contribution < -0.4 is 0 Å². The highest BCUT2D eigenvalue weighted by atomic mass is 16.6. The number of methoxy groups -OCH3 is 1. The topological polar surface area (TPSA) is 86.5 Å². The number of Topliss-reactive ketones (excluding diaryl/α,β-unsaturated/α-hetero) is 1. The third-order valence-electron chi connectivity index (χ3n) is 3.85. The monoisotopic (exact) mass is 277 g/mol. The summed E-state index contributed by atoms with van der Waals surface area (Å²) in [4.78, 5) is 34.3. The number of hydrogen-bond acceptors (Lipinski definition) is 5. The summed E-state index contributed by atoms with van der Waals surface area (Å²) in [6.45, 7) is 0. The third-order valence-corrected chi connectivity index (χ3v) is 3.85. The normalized spacial score (nSPS) is 17.6. The summed E-state index contributed by atoms with van der Waals surface area (Å²) in [5.74, 6) is -0.442. The molecule has 106 valence electrons. The first kappa shape index (κ1) is 14.2. The molecule has 1 aliphatic rings. The number of carbonyl (C=O) groups is 2. The number of nitro groups is 1. The lowest BCUT2D eigenvalue weighted by atomic mass is 9.68. The number of hydrogen-bond donors (Lipinski definition) is 0. The molecular formula is C14H15NO5. The number of ether oxygens (including phenoxy) is 1. The van der Waals surface area contributed by atoms with Crippen LogP contribution in [0.1, 0.15) is 31.2 Å². The zero-order chi connectivity index (χ0) is 14.8. The van der Waals surface area contributed by atoms with Crippen molar-refractivity contribution in [2.75, 3.05) is 7.11 Å². The average molecular weight is 277 g/mol. The van der Waals surface area contributed by atoms with Gasteiger partial charge in [-0.15, -0.1) is 0 Å². The minimum Gasteiger partial charge on any atom is -0.468 e. The fourth-order valence-corrected chi connectivity index (χ4v) is 2.77. The summed E-state index contributed by atoms with van der Waals surface area (Å²) in [6.07, 6.45) is 0.981. The summed E-state index contributed by atoms with van der Waals surface area (Å²) in [7, 11) is 1.26. The number of benzene rings is 1. The van der Waals surface area contributed by atoms with Crippen LogP contribution in [0.25, 0.3) is 0 Å². The molecule has 1 aromatic rings. The molecule has 0 radical (unpaired) electrons. The maximum absolute atomic E-state index is 12.2. The van der Waals surface area contributed by atoms with Crippen LogP contribution in [0.2, 0.25) is 0 Å². The molecule has 20 heavy (non-hydrogen) atoms. The van der Waals surface area contributed by atoms with Gasteiger partial charge in [-0.05, 0) is 12.8 Å². The minimum absolute atomic E-state index is 0.0723. The van der Waals surface area contributed by atoms with E-state index in [1.807, 2.05) is 0 Å². The lowest BCUT2D eigenvalue weighted by molar-refractivity contribution is -0.386. The van der Waals surface area contributed by atoms with Crippen LogP contribution in [0.15, 0.2) is 24.3 Å². The Bertz CT molecular complexity index is 556. The van der Waals surface area contributed by atoms with E-state index in [2.05, 4.69) is 0 Å². The standard InChI is InChI=1S/C14H15NO5/c1-20-13(17)14(8-6-10(16)7-9-14)11-4-2-3-5-12(11)15(18)19/h2-5H,6-9H2,1H3. The van der Waals surface area contributed by atoms with Gasteiger partial charge in [-0.1, -0.05) is 18.2 Å². The molecule has 1 fully saturated rings. The molecule has 0 aliphatic heterocycles. The van der Waals surface area contributed by atoms with E-state index >= 15 is 0 Å². The Morgan fingerprint density at radius 3 is 2.45 bits per heavy atom. The fourth-order valence-electron chi connectivity index (χ4n) is 2.77. The van der Waals surface area contributed by atoms with Crippen molar-refractivity contribution >= 4 is 17.4 Å². The van der Waals surface area contributed by atoms with Gasteiger partial charge >= 0.3 is 5.97 Å². The van der Waals surface area contributed by atoms with Crippen molar-refractivity contribution in [2.24, 2.45) is 0 Å². The van der Waals surface area contributed by atoms with Crippen LogP contribution in [0.3, 0.4) is 0 Å². The molecule has 6 nitrogen and oxygen atoms in total. The second-order valence-electron chi connectivity index (χ2n) is 4.89. The minimum atomic E-state index is -1.09. The predicted molar refractivity (Wildman–Crippen MR) is 70.3 cm³/mol. The van der Waals surface area contributed by atoms with Crippen molar-refractivity contribution < 1.29 is 19.2 Å². The van der Waals surface area contributed by atoms with Gasteiger partial charge in [-0.25, -0.2) is 0 Å². The second-order valence-corrected chi connectivity index (χ2v) is 4.89. The second kappa shape index (κ2) is 5.40. The zero-order valence-electron chi connectivity index (χ0n) is 11.1. The van der Waals surface area contributed by atoms with Crippen LogP contribution in [0, 0.1) is 10.1 Å². The Balaban J connectivity index is 2.55. The van der Waals surface area contributed by atoms with E-state index in [-0.39, 0.29) is 37.2 Å². The summed E-state index contributed by atoms with van der Waals surface area (Å²) < 4.78 is 4.84. The van der Waals surface area contributed by atoms with E-state index in [1.165, 1.54) is 13.2 Å². The molecule has 0 amide bonds. The number of esters is 1. The van der Waals surface area contributed by atoms with E-state index < -0.39 is 16.3 Å². The van der Waals surface area contributed by atoms with Crippen molar-refractivity contribution in [1.82, 2.24) is 0 Å². The van der Waals surface area contributed by atoms with E-state index in [4.69, 9.17) is 4.74 Å². The summed E-state index contributed by atoms with van der Waals surface area (Å²) in [6, 6.07) is 6.16. The number of carbonyl (C=O) groups excluding carboxylic acids is 2. The van der Waals surface area contributed by atoms with Crippen molar-refractivity contribution in [3.63, 3.8) is 0 Å². The molecule has 0 atom stereocenters. The van der Waals surface area contributed by atoms with Gasteiger partial charge in [0, 0.05) is 24.5 Å². The highest BCUT2D eigenvalue weighted by Gasteiger charge is 2.47. The molecule has 0 heterocycles. The molecule has 0 aromatic heterocycles. The van der Waals surface area contributed by atoms with Crippen molar-refractivity contribution in [2.45, 2.75) is 31.1 Å². The molecule has 1 saturated carbocycles. The van der Waals surface area contributed by atoms with Crippen LogP contribution >= 0.6 is 0 Å². The highest BCUT2D eigenvalue weighted by Crippen LogP contribution is 2.43. The van der Waals surface area contributed by atoms with Crippen LogP contribution in [0.5, 0.6) is 0 Å². The van der Waals surface area contributed by atoms with Gasteiger partial charge in [0.1, 0.15) is 11.2 Å². The number of nitrogens with zero attached hydrogens (tertiary/aromatic N) is 1. The van der Waals surface area contributed by atoms with Gasteiger partial charge < -0.3 is 4.74 Å². The summed E-state index contributed by atoms with van der Waals surface area (Å²) in [5.41, 5.74) is -0.858. The van der Waals surface area contributed by atoms with Crippen molar-refractivity contribution in [1.29, 1.82) is 0 Å². The van der Waals surface area contributed by atoms with Crippen LogP contribution in [0.4, 0.5) is 5.69 Å². The maximum Gasteiger partial charge on any atom is 0.316 e. The molecule has 1 aliphatic carbocycles. The maximum atomic E-state index is 12.2. The number of nitro benzene ring substituents is 1. The number of para-hydroxylation sites is 1. The zero-order valence-corrected chi connectivity index (χ0v) is 11.1. The van der Waals surface area contributed by atoms with E-state index in [9.17, 15) is 19.7 Å². The lowest BCUT2D eigenvalue weighted by Gasteiger charge is -2.33. The van der Waals surface area contributed by atoms with Gasteiger partial charge in [0.15, 0.2) is 0 Å². The van der Waals surface area contributed by atoms with E-state index in [0.29, 0.717) is 5.56 Å². The molecule has 1 aromatic carbocycles. The number of rotatable bonds is 3. The number of ketones is 1. The first-order valence-electron chi connectivity index (χ1n) is 6.35. The molecule has 0 bridgehead atoms. The Hall–Kier alpha value is -2.24.